The van der Waals surface area contributed by atoms with Crippen LogP contribution in [0.15, 0.2) is 60.7 Å². The molecule has 0 fully saturated rings. The number of halogens is 3. The highest BCUT2D eigenvalue weighted by atomic mass is 32.1. The maximum Gasteiger partial charge on any atom is 0.426 e. The molecule has 1 heterocycles. The molecule has 2 N–H and O–H groups in total. The second-order valence-electron chi connectivity index (χ2n) is 6.53. The summed E-state index contributed by atoms with van der Waals surface area (Å²) in [6.45, 7) is -0.0409. The number of carboxylic acids is 1. The van der Waals surface area contributed by atoms with Gasteiger partial charge in [0.05, 0.1) is 6.42 Å². The van der Waals surface area contributed by atoms with E-state index < -0.39 is 22.9 Å². The summed E-state index contributed by atoms with van der Waals surface area (Å²) >= 11 is 0.638. The summed E-state index contributed by atoms with van der Waals surface area (Å²) in [4.78, 5) is 22.2. The highest BCUT2D eigenvalue weighted by molar-refractivity contribution is 7.12. The Hall–Kier alpha value is -3.33. The average Bonchev–Trinajstić information content (AvgIpc) is 3.18. The average molecular weight is 449 g/mol. The highest BCUT2D eigenvalue weighted by Crippen LogP contribution is 2.43. The third-order valence-electron chi connectivity index (χ3n) is 4.25. The molecule has 162 valence electrons. The topological polar surface area (TPSA) is 75.6 Å². The fraction of sp³-hybridized carbons (Fsp3) is 0.182. The van der Waals surface area contributed by atoms with Crippen molar-refractivity contribution >= 4 is 23.2 Å². The van der Waals surface area contributed by atoms with Gasteiger partial charge in [0, 0.05) is 22.5 Å². The molecule has 0 saturated heterocycles. The summed E-state index contributed by atoms with van der Waals surface area (Å²) < 4.78 is 46.0. The lowest BCUT2D eigenvalue weighted by atomic mass is 10.1. The van der Waals surface area contributed by atoms with Crippen molar-refractivity contribution in [1.82, 2.24) is 5.32 Å². The number of amides is 1. The zero-order valence-corrected chi connectivity index (χ0v) is 16.9. The smallest absolute Gasteiger partial charge is 0.426 e. The minimum Gasteiger partial charge on any atom is -0.488 e. The largest absolute Gasteiger partial charge is 0.488 e. The van der Waals surface area contributed by atoms with Gasteiger partial charge >= 0.3 is 12.1 Å². The molecule has 0 aliphatic carbocycles. The number of benzene rings is 2. The normalized spacial score (nSPS) is 11.2. The van der Waals surface area contributed by atoms with E-state index in [0.717, 1.165) is 0 Å². The van der Waals surface area contributed by atoms with Crippen molar-refractivity contribution in [2.45, 2.75) is 19.2 Å². The first-order chi connectivity index (χ1) is 14.7. The van der Waals surface area contributed by atoms with E-state index in [9.17, 15) is 22.8 Å². The molecule has 0 radical (unpaired) electrons. The number of hydrogen-bond donors (Lipinski definition) is 2. The van der Waals surface area contributed by atoms with Crippen molar-refractivity contribution in [3.63, 3.8) is 0 Å². The zero-order chi connectivity index (χ0) is 22.4. The summed E-state index contributed by atoms with van der Waals surface area (Å²) in [7, 11) is 0. The van der Waals surface area contributed by atoms with Gasteiger partial charge < -0.3 is 15.2 Å². The molecule has 1 amide bonds. The fourth-order valence-corrected chi connectivity index (χ4v) is 3.76. The van der Waals surface area contributed by atoms with Crippen LogP contribution in [0.1, 0.15) is 26.5 Å². The van der Waals surface area contributed by atoms with Crippen LogP contribution in [-0.4, -0.2) is 23.5 Å². The second-order valence-corrected chi connectivity index (χ2v) is 7.67. The minimum atomic E-state index is -4.47. The zero-order valence-electron chi connectivity index (χ0n) is 16.1. The van der Waals surface area contributed by atoms with E-state index in [2.05, 4.69) is 5.32 Å². The van der Waals surface area contributed by atoms with Crippen LogP contribution in [0.5, 0.6) is 5.75 Å². The quantitative estimate of drug-likeness (QED) is 0.495. The van der Waals surface area contributed by atoms with Gasteiger partial charge in [0.15, 0.2) is 0 Å². The van der Waals surface area contributed by atoms with Gasteiger partial charge in [-0.15, -0.1) is 11.3 Å². The van der Waals surface area contributed by atoms with Crippen LogP contribution in [0.4, 0.5) is 13.2 Å². The van der Waals surface area contributed by atoms with Gasteiger partial charge in [-0.3, -0.25) is 9.59 Å². The highest BCUT2D eigenvalue weighted by Gasteiger charge is 2.36. The van der Waals surface area contributed by atoms with Crippen molar-refractivity contribution < 1.29 is 32.6 Å². The maximum absolute atomic E-state index is 13.5. The minimum absolute atomic E-state index is 0.0100. The summed E-state index contributed by atoms with van der Waals surface area (Å²) in [6, 6.07) is 15.9. The van der Waals surface area contributed by atoms with E-state index in [1.165, 1.54) is 30.3 Å². The SMILES string of the molecule is O=C(O)CCNC(=O)c1ccc(OCc2cc(-c3ccccc3)c(C(F)(F)F)s2)cc1. The summed E-state index contributed by atoms with van der Waals surface area (Å²) in [5.41, 5.74) is 0.917. The molecule has 3 rings (SSSR count). The van der Waals surface area contributed by atoms with Crippen LogP contribution < -0.4 is 10.1 Å². The predicted octanol–water partition coefficient (Wildman–Crippen LogP) is 5.22. The Kier molecular flexibility index (Phi) is 6.96. The molecule has 1 aromatic heterocycles. The number of rotatable bonds is 8. The van der Waals surface area contributed by atoms with Crippen molar-refractivity contribution in [1.29, 1.82) is 0 Å². The number of hydrogen-bond acceptors (Lipinski definition) is 4. The number of carbonyl (C=O) groups excluding carboxylic acids is 1. The Morgan fingerprint density at radius 3 is 2.32 bits per heavy atom. The molecule has 0 aliphatic rings. The molecule has 9 heteroatoms. The molecule has 0 saturated carbocycles. The Morgan fingerprint density at radius 1 is 1.03 bits per heavy atom. The monoisotopic (exact) mass is 449 g/mol. The lowest BCUT2D eigenvalue weighted by Gasteiger charge is -2.07. The standard InChI is InChI=1S/C22H18F3NO4S/c23-22(24,25)20-18(14-4-2-1-3-5-14)12-17(31-20)13-30-16-8-6-15(7-9-16)21(29)26-11-10-19(27)28/h1-9,12H,10-11,13H2,(H,26,29)(H,27,28). The summed E-state index contributed by atoms with van der Waals surface area (Å²) in [6.07, 6.45) is -4.65. The molecule has 0 atom stereocenters. The number of carboxylic acid groups (broad SMARTS) is 1. The third kappa shape index (κ3) is 6.08. The van der Waals surface area contributed by atoms with E-state index >= 15 is 0 Å². The van der Waals surface area contributed by atoms with E-state index in [-0.39, 0.29) is 25.1 Å². The molecular weight excluding hydrogens is 431 g/mol. The predicted molar refractivity (Wildman–Crippen MR) is 110 cm³/mol. The van der Waals surface area contributed by atoms with Crippen LogP contribution in [0.2, 0.25) is 0 Å². The first kappa shape index (κ1) is 22.4. The van der Waals surface area contributed by atoms with Gasteiger partial charge in [-0.25, -0.2) is 0 Å². The lowest BCUT2D eigenvalue weighted by Crippen LogP contribution is -2.25. The molecule has 3 aromatic rings. The van der Waals surface area contributed by atoms with Gasteiger partial charge in [0.1, 0.15) is 17.2 Å². The third-order valence-corrected chi connectivity index (χ3v) is 5.40. The Bertz CT molecular complexity index is 1050. The van der Waals surface area contributed by atoms with Gasteiger partial charge in [0.25, 0.3) is 5.91 Å². The van der Waals surface area contributed by atoms with Crippen molar-refractivity contribution in [3.8, 4) is 16.9 Å². The van der Waals surface area contributed by atoms with E-state index in [1.807, 2.05) is 0 Å². The molecule has 0 unspecified atom stereocenters. The van der Waals surface area contributed by atoms with E-state index in [4.69, 9.17) is 9.84 Å². The van der Waals surface area contributed by atoms with Crippen LogP contribution >= 0.6 is 11.3 Å². The molecule has 5 nitrogen and oxygen atoms in total. The Balaban J connectivity index is 1.67. The van der Waals surface area contributed by atoms with Crippen molar-refractivity contribution in [3.05, 3.63) is 76.0 Å². The second kappa shape index (κ2) is 9.65. The number of aliphatic carboxylic acids is 1. The summed E-state index contributed by atoms with van der Waals surface area (Å²) in [5, 5.41) is 11.1. The van der Waals surface area contributed by atoms with Crippen molar-refractivity contribution in [2.75, 3.05) is 6.54 Å². The molecule has 0 bridgehead atoms. The first-order valence-electron chi connectivity index (χ1n) is 9.22. The first-order valence-corrected chi connectivity index (χ1v) is 10.0. The molecule has 0 spiro atoms. The molecule has 0 aliphatic heterocycles. The molecular formula is C22H18F3NO4S. The van der Waals surface area contributed by atoms with E-state index in [0.29, 0.717) is 33.1 Å². The number of carbonyl (C=O) groups is 2. The molecule has 31 heavy (non-hydrogen) atoms. The Morgan fingerprint density at radius 2 is 1.71 bits per heavy atom. The number of thiophene rings is 1. The van der Waals surface area contributed by atoms with Crippen LogP contribution in [0.3, 0.4) is 0 Å². The van der Waals surface area contributed by atoms with Gasteiger partial charge in [-0.1, -0.05) is 30.3 Å². The van der Waals surface area contributed by atoms with Gasteiger partial charge in [-0.05, 0) is 35.9 Å². The Labute approximate surface area is 180 Å². The number of nitrogens with one attached hydrogen (secondary N) is 1. The number of ether oxygens (including phenoxy) is 1. The summed E-state index contributed by atoms with van der Waals surface area (Å²) in [5.74, 6) is -1.04. The van der Waals surface area contributed by atoms with Crippen LogP contribution in [-0.2, 0) is 17.6 Å². The lowest BCUT2D eigenvalue weighted by molar-refractivity contribution is -0.137. The number of alkyl halides is 3. The van der Waals surface area contributed by atoms with E-state index in [1.54, 1.807) is 30.3 Å². The molecule has 2 aromatic carbocycles. The maximum atomic E-state index is 13.5. The van der Waals surface area contributed by atoms with Crippen LogP contribution in [0.25, 0.3) is 11.1 Å². The van der Waals surface area contributed by atoms with Crippen molar-refractivity contribution in [2.24, 2.45) is 0 Å². The van der Waals surface area contributed by atoms with Crippen LogP contribution in [0, 0.1) is 0 Å². The van der Waals surface area contributed by atoms with Gasteiger partial charge in [-0.2, -0.15) is 13.2 Å². The fourth-order valence-electron chi connectivity index (χ4n) is 2.80. The van der Waals surface area contributed by atoms with Gasteiger partial charge in [0.2, 0.25) is 0 Å².